The van der Waals surface area contributed by atoms with Crippen LogP contribution in [0.15, 0.2) is 18.2 Å². The third kappa shape index (κ3) is 3.61. The van der Waals surface area contributed by atoms with Crippen LogP contribution < -0.4 is 5.32 Å². The van der Waals surface area contributed by atoms with Gasteiger partial charge in [0, 0.05) is 12.1 Å². The number of aryl methyl sites for hydroxylation is 1. The first-order chi connectivity index (χ1) is 9.45. The van der Waals surface area contributed by atoms with Crippen LogP contribution in [0.5, 0.6) is 0 Å². The largest absolute Gasteiger partial charge is 0.322 e. The highest BCUT2D eigenvalue weighted by Crippen LogP contribution is 2.25. The number of hydrogen-bond donors (Lipinski definition) is 2. The number of anilines is 1. The molecule has 0 saturated heterocycles. The van der Waals surface area contributed by atoms with Gasteiger partial charge in [0.15, 0.2) is 5.82 Å². The van der Waals surface area contributed by atoms with Crippen molar-refractivity contribution in [3.63, 3.8) is 0 Å². The molecule has 0 saturated carbocycles. The van der Waals surface area contributed by atoms with Gasteiger partial charge >= 0.3 is 6.03 Å². The molecule has 0 bridgehead atoms. The van der Waals surface area contributed by atoms with Gasteiger partial charge < -0.3 is 10.2 Å². The van der Waals surface area contributed by atoms with Crippen LogP contribution in [-0.2, 0) is 6.54 Å². The van der Waals surface area contributed by atoms with Gasteiger partial charge in [0.25, 0.3) is 0 Å². The summed E-state index contributed by atoms with van der Waals surface area (Å²) in [6, 6.07) is 4.54. The molecule has 0 fully saturated rings. The Morgan fingerprint density at radius 3 is 2.85 bits per heavy atom. The van der Waals surface area contributed by atoms with E-state index in [-0.39, 0.29) is 12.6 Å². The molecule has 0 aliphatic rings. The van der Waals surface area contributed by atoms with E-state index in [2.05, 4.69) is 20.5 Å². The van der Waals surface area contributed by atoms with E-state index in [1.54, 1.807) is 32.2 Å². The lowest BCUT2D eigenvalue weighted by Gasteiger charge is -2.17. The van der Waals surface area contributed by atoms with E-state index < -0.39 is 0 Å². The molecule has 20 heavy (non-hydrogen) atoms. The Morgan fingerprint density at radius 2 is 2.20 bits per heavy atom. The van der Waals surface area contributed by atoms with Crippen molar-refractivity contribution in [3.8, 4) is 0 Å². The Hall–Kier alpha value is -1.79. The standard InChI is InChI=1S/C12H13Cl2N5O/c1-7-15-11(18-17-7)6-19(2)12(20)16-10-5-8(13)3-4-9(10)14/h3-5H,6H2,1-2H3,(H,16,20)(H,15,17,18). The van der Waals surface area contributed by atoms with Gasteiger partial charge in [0.2, 0.25) is 0 Å². The zero-order valence-electron chi connectivity index (χ0n) is 10.9. The number of nitrogens with one attached hydrogen (secondary N) is 2. The van der Waals surface area contributed by atoms with Gasteiger partial charge in [0.05, 0.1) is 17.3 Å². The summed E-state index contributed by atoms with van der Waals surface area (Å²) in [5.41, 5.74) is 0.460. The summed E-state index contributed by atoms with van der Waals surface area (Å²) in [5.74, 6) is 1.24. The molecule has 2 N–H and O–H groups in total. The minimum absolute atomic E-state index is 0.286. The molecule has 106 valence electrons. The van der Waals surface area contributed by atoms with Crippen LogP contribution in [-0.4, -0.2) is 33.2 Å². The second-order valence-corrected chi connectivity index (χ2v) is 5.09. The summed E-state index contributed by atoms with van der Waals surface area (Å²) in [6.07, 6.45) is 0. The molecule has 1 aromatic heterocycles. The lowest BCUT2D eigenvalue weighted by Crippen LogP contribution is -2.31. The summed E-state index contributed by atoms with van der Waals surface area (Å²) in [4.78, 5) is 17.6. The molecular formula is C12H13Cl2N5O. The highest BCUT2D eigenvalue weighted by atomic mass is 35.5. The van der Waals surface area contributed by atoms with Crippen molar-refractivity contribution in [1.82, 2.24) is 20.1 Å². The minimum Gasteiger partial charge on any atom is -0.320 e. The van der Waals surface area contributed by atoms with Crippen LogP contribution in [0.25, 0.3) is 0 Å². The van der Waals surface area contributed by atoms with Gasteiger partial charge in [-0.1, -0.05) is 23.2 Å². The number of benzene rings is 1. The Morgan fingerprint density at radius 1 is 1.45 bits per heavy atom. The number of carbonyl (C=O) groups excluding carboxylic acids is 1. The quantitative estimate of drug-likeness (QED) is 0.914. The Bertz CT molecular complexity index is 628. The third-order valence-corrected chi connectivity index (χ3v) is 3.10. The molecule has 0 spiro atoms. The second-order valence-electron chi connectivity index (χ2n) is 4.25. The SMILES string of the molecule is Cc1nc(CN(C)C(=O)Nc2cc(Cl)ccc2Cl)n[nH]1. The fraction of sp³-hybridized carbons (Fsp3) is 0.250. The van der Waals surface area contributed by atoms with Crippen LogP contribution in [0.2, 0.25) is 10.0 Å². The number of aromatic amines is 1. The maximum atomic E-state index is 12.0. The molecule has 1 aromatic carbocycles. The van der Waals surface area contributed by atoms with Gasteiger partial charge in [-0.25, -0.2) is 9.78 Å². The molecule has 8 heteroatoms. The molecule has 1 heterocycles. The van der Waals surface area contributed by atoms with Crippen molar-refractivity contribution >= 4 is 34.9 Å². The normalized spacial score (nSPS) is 10.4. The molecule has 0 atom stereocenters. The number of amides is 2. The van der Waals surface area contributed by atoms with Crippen molar-refractivity contribution in [3.05, 3.63) is 39.9 Å². The number of rotatable bonds is 3. The predicted molar refractivity (Wildman–Crippen MR) is 78.1 cm³/mol. The van der Waals surface area contributed by atoms with Gasteiger partial charge in [-0.05, 0) is 25.1 Å². The summed E-state index contributed by atoms with van der Waals surface area (Å²) in [6.45, 7) is 2.08. The number of H-pyrrole nitrogens is 1. The van der Waals surface area contributed by atoms with Gasteiger partial charge in [0.1, 0.15) is 5.82 Å². The number of aromatic nitrogens is 3. The Labute approximate surface area is 126 Å². The molecule has 0 aliphatic carbocycles. The third-order valence-electron chi connectivity index (χ3n) is 2.54. The fourth-order valence-electron chi connectivity index (χ4n) is 1.55. The number of nitrogens with zero attached hydrogens (tertiary/aromatic N) is 3. The first-order valence-electron chi connectivity index (χ1n) is 5.81. The maximum absolute atomic E-state index is 12.0. The monoisotopic (exact) mass is 313 g/mol. The second kappa shape index (κ2) is 6.11. The lowest BCUT2D eigenvalue weighted by atomic mass is 10.3. The number of halogens is 2. The zero-order valence-corrected chi connectivity index (χ0v) is 12.5. The molecule has 2 amide bonds. The van der Waals surface area contributed by atoms with E-state index in [0.717, 1.165) is 0 Å². The zero-order chi connectivity index (χ0) is 14.7. The van der Waals surface area contributed by atoms with Crippen molar-refractivity contribution < 1.29 is 4.79 Å². The topological polar surface area (TPSA) is 73.9 Å². The Kier molecular flexibility index (Phi) is 4.46. The molecule has 2 rings (SSSR count). The number of hydrogen-bond acceptors (Lipinski definition) is 3. The van der Waals surface area contributed by atoms with Crippen LogP contribution in [0, 0.1) is 6.92 Å². The summed E-state index contributed by atoms with van der Waals surface area (Å²) in [7, 11) is 1.64. The van der Waals surface area contributed by atoms with Crippen molar-refractivity contribution in [2.45, 2.75) is 13.5 Å². The lowest BCUT2D eigenvalue weighted by molar-refractivity contribution is 0.219. The van der Waals surface area contributed by atoms with Crippen molar-refractivity contribution in [1.29, 1.82) is 0 Å². The van der Waals surface area contributed by atoms with Crippen LogP contribution in [0.3, 0.4) is 0 Å². The molecule has 0 aliphatic heterocycles. The van der Waals surface area contributed by atoms with Crippen LogP contribution in [0.4, 0.5) is 10.5 Å². The van der Waals surface area contributed by atoms with Crippen molar-refractivity contribution in [2.75, 3.05) is 12.4 Å². The van der Waals surface area contributed by atoms with E-state index in [9.17, 15) is 4.79 Å². The summed E-state index contributed by atoms with van der Waals surface area (Å²) < 4.78 is 0. The van der Waals surface area contributed by atoms with E-state index in [1.807, 2.05) is 0 Å². The van der Waals surface area contributed by atoms with E-state index in [4.69, 9.17) is 23.2 Å². The average molecular weight is 314 g/mol. The summed E-state index contributed by atoms with van der Waals surface area (Å²) in [5, 5.41) is 10.3. The van der Waals surface area contributed by atoms with E-state index >= 15 is 0 Å². The predicted octanol–water partition coefficient (Wildman–Crippen LogP) is 3.08. The van der Waals surface area contributed by atoms with Crippen LogP contribution >= 0.6 is 23.2 Å². The number of carbonyl (C=O) groups is 1. The molecular weight excluding hydrogens is 301 g/mol. The highest BCUT2D eigenvalue weighted by Gasteiger charge is 2.13. The molecule has 6 nitrogen and oxygen atoms in total. The van der Waals surface area contributed by atoms with E-state index in [0.29, 0.717) is 27.4 Å². The Balaban J connectivity index is 2.02. The molecule has 0 radical (unpaired) electrons. The van der Waals surface area contributed by atoms with Gasteiger partial charge in [-0.3, -0.25) is 5.10 Å². The van der Waals surface area contributed by atoms with Gasteiger partial charge in [-0.2, -0.15) is 5.10 Å². The average Bonchev–Trinajstić information content (AvgIpc) is 2.79. The van der Waals surface area contributed by atoms with Gasteiger partial charge in [-0.15, -0.1) is 0 Å². The molecule has 2 aromatic rings. The van der Waals surface area contributed by atoms with E-state index in [1.165, 1.54) is 4.90 Å². The summed E-state index contributed by atoms with van der Waals surface area (Å²) >= 11 is 11.9. The smallest absolute Gasteiger partial charge is 0.320 e. The fourth-order valence-corrected chi connectivity index (χ4v) is 1.88. The first-order valence-corrected chi connectivity index (χ1v) is 6.56. The minimum atomic E-state index is -0.323. The molecule has 0 unspecified atom stereocenters. The van der Waals surface area contributed by atoms with Crippen LogP contribution in [0.1, 0.15) is 11.6 Å². The maximum Gasteiger partial charge on any atom is 0.322 e. The van der Waals surface area contributed by atoms with Crippen molar-refractivity contribution in [2.24, 2.45) is 0 Å². The first kappa shape index (κ1) is 14.6. The number of urea groups is 1. The highest BCUT2D eigenvalue weighted by molar-refractivity contribution is 6.35.